The van der Waals surface area contributed by atoms with Gasteiger partial charge in [0.2, 0.25) is 0 Å². The number of anilines is 9. The Morgan fingerprint density at radius 1 is 0.397 bits per heavy atom. The van der Waals surface area contributed by atoms with Crippen LogP contribution in [0, 0.1) is 13.8 Å². The first kappa shape index (κ1) is 42.5. The van der Waals surface area contributed by atoms with Crippen molar-refractivity contribution < 1.29 is 0 Å². The molecule has 12 rings (SSSR count). The molecule has 0 saturated carbocycles. The average Bonchev–Trinajstić information content (AvgIpc) is 3.62. The summed E-state index contributed by atoms with van der Waals surface area (Å²) in [6.07, 6.45) is 2.25. The Morgan fingerprint density at radius 2 is 0.941 bits per heavy atom. The second kappa shape index (κ2) is 14.8. The van der Waals surface area contributed by atoms with Gasteiger partial charge in [0.15, 0.2) is 0 Å². The molecule has 0 fully saturated rings. The van der Waals surface area contributed by atoms with Gasteiger partial charge in [0.25, 0.3) is 0 Å². The number of hydrogen-bond donors (Lipinski definition) is 0. The van der Waals surface area contributed by atoms with E-state index in [-0.39, 0.29) is 27.6 Å². The molecule has 338 valence electrons. The molecule has 0 amide bonds. The van der Waals surface area contributed by atoms with E-state index in [9.17, 15) is 0 Å². The Bertz CT molecular complexity index is 3280. The van der Waals surface area contributed by atoms with E-state index in [0.29, 0.717) is 0 Å². The van der Waals surface area contributed by atoms with Crippen LogP contribution >= 0.6 is 0 Å². The van der Waals surface area contributed by atoms with E-state index in [0.717, 1.165) is 29.9 Å². The fraction of sp³-hybridized carbons (Fsp3) is 0.262. The molecule has 0 radical (unpaired) electrons. The van der Waals surface area contributed by atoms with Crippen molar-refractivity contribution in [3.8, 4) is 11.1 Å². The van der Waals surface area contributed by atoms with Crippen LogP contribution < -0.4 is 14.7 Å². The topological polar surface area (TPSA) is 9.72 Å². The second-order valence-corrected chi connectivity index (χ2v) is 23.0. The van der Waals surface area contributed by atoms with Gasteiger partial charge in [-0.05, 0) is 177 Å². The molecular formula is C65H63N3. The molecule has 1 atom stereocenters. The average molecular weight is 886 g/mol. The van der Waals surface area contributed by atoms with Crippen molar-refractivity contribution in [2.45, 2.75) is 110 Å². The molecule has 4 aliphatic rings. The fourth-order valence-corrected chi connectivity index (χ4v) is 13.6. The molecule has 2 aliphatic carbocycles. The number of hydrogen-bond acceptors (Lipinski definition) is 3. The Labute approximate surface area is 404 Å². The lowest BCUT2D eigenvalue weighted by atomic mass is 9.73. The summed E-state index contributed by atoms with van der Waals surface area (Å²) in [5.74, 6) is 0.00118. The smallest absolute Gasteiger partial charge is 0.0527 e. The number of aryl methyl sites for hydroxylation is 2. The third kappa shape index (κ3) is 6.45. The Morgan fingerprint density at radius 3 is 1.57 bits per heavy atom. The minimum atomic E-state index is 0.00118. The first-order valence-corrected chi connectivity index (χ1v) is 24.8. The van der Waals surface area contributed by atoms with Gasteiger partial charge >= 0.3 is 0 Å². The number of benzene rings is 8. The maximum Gasteiger partial charge on any atom is 0.0527 e. The summed E-state index contributed by atoms with van der Waals surface area (Å²) in [5.41, 5.74) is 26.0. The van der Waals surface area contributed by atoms with Crippen molar-refractivity contribution in [3.63, 3.8) is 0 Å². The van der Waals surface area contributed by atoms with Crippen molar-refractivity contribution in [1.82, 2.24) is 0 Å². The zero-order valence-corrected chi connectivity index (χ0v) is 41.5. The minimum absolute atomic E-state index is 0.00118. The van der Waals surface area contributed by atoms with Crippen LogP contribution in [0.1, 0.15) is 124 Å². The summed E-state index contributed by atoms with van der Waals surface area (Å²) in [7, 11) is 0. The lowest BCUT2D eigenvalue weighted by Gasteiger charge is -2.46. The maximum absolute atomic E-state index is 2.67. The summed E-state index contributed by atoms with van der Waals surface area (Å²) in [6.45, 7) is 24.2. The van der Waals surface area contributed by atoms with Gasteiger partial charge in [-0.2, -0.15) is 0 Å². The molecule has 3 heteroatoms. The monoisotopic (exact) mass is 886 g/mol. The molecular weight excluding hydrogens is 823 g/mol. The van der Waals surface area contributed by atoms with Crippen molar-refractivity contribution in [1.29, 1.82) is 0 Å². The van der Waals surface area contributed by atoms with Gasteiger partial charge < -0.3 is 14.7 Å². The molecule has 0 spiro atoms. The lowest BCUT2D eigenvalue weighted by molar-refractivity contribution is 0.402. The Kier molecular flexibility index (Phi) is 9.27. The number of fused-ring (bicyclic) bond motifs is 6. The van der Waals surface area contributed by atoms with Crippen LogP contribution in [0.4, 0.5) is 51.2 Å². The van der Waals surface area contributed by atoms with E-state index in [1.807, 2.05) is 0 Å². The highest BCUT2D eigenvalue weighted by molar-refractivity contribution is 5.99. The zero-order valence-electron chi connectivity index (χ0n) is 41.5. The van der Waals surface area contributed by atoms with E-state index < -0.39 is 0 Å². The molecule has 8 aromatic rings. The van der Waals surface area contributed by atoms with Gasteiger partial charge in [-0.25, -0.2) is 0 Å². The van der Waals surface area contributed by atoms with Crippen LogP contribution in [0.2, 0.25) is 0 Å². The number of para-hydroxylation sites is 2. The normalized spacial score (nSPS) is 18.3. The van der Waals surface area contributed by atoms with Crippen molar-refractivity contribution >= 4 is 51.2 Å². The Balaban J connectivity index is 1.18. The van der Waals surface area contributed by atoms with Gasteiger partial charge in [-0.15, -0.1) is 0 Å². The number of rotatable bonds is 6. The summed E-state index contributed by atoms with van der Waals surface area (Å²) in [5, 5.41) is 0. The quantitative estimate of drug-likeness (QED) is 0.165. The van der Waals surface area contributed by atoms with Crippen LogP contribution in [0.25, 0.3) is 11.1 Å². The predicted molar refractivity (Wildman–Crippen MR) is 288 cm³/mol. The van der Waals surface area contributed by atoms with E-state index in [4.69, 9.17) is 0 Å². The molecule has 0 saturated heterocycles. The molecule has 0 N–H and O–H groups in total. The third-order valence-electron chi connectivity index (χ3n) is 16.1. The van der Waals surface area contributed by atoms with Crippen molar-refractivity contribution in [3.05, 3.63) is 220 Å². The first-order chi connectivity index (χ1) is 32.5. The summed E-state index contributed by atoms with van der Waals surface area (Å²) in [4.78, 5) is 7.70. The predicted octanol–water partition coefficient (Wildman–Crippen LogP) is 18.1. The summed E-state index contributed by atoms with van der Waals surface area (Å²) >= 11 is 0. The molecule has 68 heavy (non-hydrogen) atoms. The summed E-state index contributed by atoms with van der Waals surface area (Å²) in [6, 6.07) is 64.5. The molecule has 2 heterocycles. The molecule has 3 nitrogen and oxygen atoms in total. The maximum atomic E-state index is 2.67. The van der Waals surface area contributed by atoms with Gasteiger partial charge in [0, 0.05) is 39.9 Å². The number of nitrogens with zero attached hydrogens (tertiary/aromatic N) is 3. The highest BCUT2D eigenvalue weighted by atomic mass is 15.2. The highest BCUT2D eigenvalue weighted by Gasteiger charge is 2.48. The molecule has 2 aliphatic heterocycles. The third-order valence-corrected chi connectivity index (χ3v) is 16.1. The van der Waals surface area contributed by atoms with Crippen LogP contribution in [0.3, 0.4) is 0 Å². The van der Waals surface area contributed by atoms with E-state index in [2.05, 4.69) is 254 Å². The van der Waals surface area contributed by atoms with E-state index in [1.165, 1.54) is 95.3 Å². The van der Waals surface area contributed by atoms with Crippen molar-refractivity contribution in [2.24, 2.45) is 0 Å². The standard InChI is InChI=1S/C65H63N3/c1-41-32-58-61-59(33-41)68(55-34-44(27-26-42(55)2)43-20-14-11-15-21-43)56-36-48(66(45-22-16-12-17-23-45)46-24-18-13-19-25-46)28-30-49(56)60(61)50-37-53-54(65(9,10)40-64(53,7)8)38-57(50)67(58)47-29-31-51-52(35-47)63(5,6)39-62(51,3)4/h11-38,60H,39-40H2,1-10H3. The van der Waals surface area contributed by atoms with Crippen LogP contribution in [-0.2, 0) is 21.7 Å². The largest absolute Gasteiger partial charge is 0.310 e. The van der Waals surface area contributed by atoms with Gasteiger partial charge in [-0.3, -0.25) is 0 Å². The minimum Gasteiger partial charge on any atom is -0.310 e. The SMILES string of the molecule is Cc1cc2c3c(c1)N(c1cc(-c4ccccc4)ccc1C)c1cc(N(c4ccccc4)c4ccccc4)ccc1C3c1cc3c(cc1N2c1ccc2c(c1)C(C)(C)CC2(C)C)C(C)(C)CC3(C)C. The van der Waals surface area contributed by atoms with Crippen LogP contribution in [0.5, 0.6) is 0 Å². The zero-order chi connectivity index (χ0) is 47.1. The molecule has 0 bridgehead atoms. The Hall–Kier alpha value is -6.84. The first-order valence-electron chi connectivity index (χ1n) is 24.8. The van der Waals surface area contributed by atoms with E-state index >= 15 is 0 Å². The van der Waals surface area contributed by atoms with E-state index in [1.54, 1.807) is 0 Å². The lowest BCUT2D eigenvalue weighted by Crippen LogP contribution is -2.30. The van der Waals surface area contributed by atoms with Gasteiger partial charge in [-0.1, -0.05) is 152 Å². The fourth-order valence-electron chi connectivity index (χ4n) is 13.6. The van der Waals surface area contributed by atoms with Crippen LogP contribution in [0.15, 0.2) is 170 Å². The van der Waals surface area contributed by atoms with Gasteiger partial charge in [0.1, 0.15) is 0 Å². The highest BCUT2D eigenvalue weighted by Crippen LogP contribution is 2.64. The molecule has 8 aromatic carbocycles. The van der Waals surface area contributed by atoms with Crippen molar-refractivity contribution in [2.75, 3.05) is 14.7 Å². The molecule has 1 unspecified atom stereocenters. The van der Waals surface area contributed by atoms with Crippen LogP contribution in [-0.4, -0.2) is 0 Å². The van der Waals surface area contributed by atoms with Gasteiger partial charge in [0.05, 0.1) is 22.7 Å². The summed E-state index contributed by atoms with van der Waals surface area (Å²) < 4.78 is 0. The molecule has 0 aromatic heterocycles. The second-order valence-electron chi connectivity index (χ2n) is 23.0.